The van der Waals surface area contributed by atoms with E-state index in [1.165, 1.54) is 0 Å². The third kappa shape index (κ3) is 3.18. The number of H-pyrrole nitrogens is 1. The molecule has 3 atom stereocenters. The molecule has 2 rings (SSSR count). The molecule has 1 aliphatic rings. The summed E-state index contributed by atoms with van der Waals surface area (Å²) in [5.74, 6) is -0.0916. The van der Waals surface area contributed by atoms with Crippen LogP contribution in [0.15, 0.2) is 10.2 Å². The van der Waals surface area contributed by atoms with Gasteiger partial charge in [-0.05, 0) is 12.3 Å². The van der Waals surface area contributed by atoms with E-state index < -0.39 is 12.1 Å². The van der Waals surface area contributed by atoms with E-state index in [1.807, 2.05) is 20.8 Å². The molecule has 1 fully saturated rings. The zero-order valence-corrected chi connectivity index (χ0v) is 13.3. The van der Waals surface area contributed by atoms with Crippen LogP contribution in [0.3, 0.4) is 0 Å². The summed E-state index contributed by atoms with van der Waals surface area (Å²) in [6.45, 7) is 6.11. The first kappa shape index (κ1) is 15.8. The summed E-state index contributed by atoms with van der Waals surface area (Å²) in [7, 11) is 0. The molecule has 1 saturated heterocycles. The van der Waals surface area contributed by atoms with Crippen LogP contribution in [0.5, 0.6) is 0 Å². The highest BCUT2D eigenvalue weighted by Gasteiger charge is 2.41. The van der Waals surface area contributed by atoms with Crippen molar-refractivity contribution in [3.05, 3.63) is 20.7 Å². The summed E-state index contributed by atoms with van der Waals surface area (Å²) in [5.41, 5.74) is 0.675. The summed E-state index contributed by atoms with van der Waals surface area (Å²) < 4.78 is 0. The van der Waals surface area contributed by atoms with Gasteiger partial charge in [-0.2, -0.15) is 0 Å². The van der Waals surface area contributed by atoms with E-state index in [1.54, 1.807) is 10.3 Å². The number of amides is 2. The molecule has 1 aromatic rings. The van der Waals surface area contributed by atoms with Gasteiger partial charge in [-0.1, -0.05) is 38.5 Å². The Labute approximate surface area is 127 Å². The number of hydrogen-bond donors (Lipinski definition) is 2. The van der Waals surface area contributed by atoms with Crippen molar-refractivity contribution in [2.45, 2.75) is 52.2 Å². The third-order valence-electron chi connectivity index (χ3n) is 4.04. The van der Waals surface area contributed by atoms with Gasteiger partial charge in [-0.25, -0.2) is 0 Å². The van der Waals surface area contributed by atoms with Gasteiger partial charge in [0.15, 0.2) is 0 Å². The number of nitrogens with one attached hydrogen (secondary N) is 2. The minimum atomic E-state index is -0.476. The van der Waals surface area contributed by atoms with Gasteiger partial charge < -0.3 is 15.2 Å². The van der Waals surface area contributed by atoms with Crippen molar-refractivity contribution in [3.63, 3.8) is 0 Å². The van der Waals surface area contributed by atoms with E-state index in [0.717, 1.165) is 17.8 Å². The van der Waals surface area contributed by atoms with Crippen LogP contribution in [-0.2, 0) is 16.1 Å². The van der Waals surface area contributed by atoms with Gasteiger partial charge >= 0.3 is 4.87 Å². The Hall–Kier alpha value is -1.63. The van der Waals surface area contributed by atoms with Crippen LogP contribution in [0.25, 0.3) is 0 Å². The molecular weight excluding hydrogens is 290 g/mol. The van der Waals surface area contributed by atoms with Crippen molar-refractivity contribution in [2.24, 2.45) is 5.92 Å². The molecule has 1 aliphatic heterocycles. The monoisotopic (exact) mass is 311 g/mol. The lowest BCUT2D eigenvalue weighted by molar-refractivity contribution is -0.151. The maximum Gasteiger partial charge on any atom is 0.304 e. The molecule has 0 saturated carbocycles. The molecule has 0 spiro atoms. The predicted molar refractivity (Wildman–Crippen MR) is 81.0 cm³/mol. The minimum Gasteiger partial charge on any atom is -0.342 e. The van der Waals surface area contributed by atoms with Gasteiger partial charge in [0, 0.05) is 11.1 Å². The first-order valence-corrected chi connectivity index (χ1v) is 8.13. The van der Waals surface area contributed by atoms with Gasteiger partial charge in [0.1, 0.15) is 12.1 Å². The normalized spacial score (nSPS) is 24.0. The Morgan fingerprint density at radius 1 is 1.33 bits per heavy atom. The Kier molecular flexibility index (Phi) is 4.82. The molecule has 116 valence electrons. The van der Waals surface area contributed by atoms with Gasteiger partial charge in [0.2, 0.25) is 11.8 Å². The Morgan fingerprint density at radius 2 is 2.05 bits per heavy atom. The molecule has 1 aromatic heterocycles. The molecule has 3 unspecified atom stereocenters. The lowest BCUT2D eigenvalue weighted by Crippen LogP contribution is -2.64. The van der Waals surface area contributed by atoms with Crippen molar-refractivity contribution >= 4 is 23.2 Å². The maximum atomic E-state index is 12.7. The minimum absolute atomic E-state index is 0.0668. The molecule has 0 aromatic carbocycles. The SMILES string of the molecule is CCC(C)C1NC(=O)C(CC)N(Cc2csc(=O)[nH]2)C1=O. The topological polar surface area (TPSA) is 82.3 Å². The summed E-state index contributed by atoms with van der Waals surface area (Å²) in [6, 6.07) is -0.947. The van der Waals surface area contributed by atoms with Gasteiger partial charge in [0.05, 0.1) is 6.54 Å². The molecule has 2 heterocycles. The highest BCUT2D eigenvalue weighted by molar-refractivity contribution is 7.07. The fourth-order valence-corrected chi connectivity index (χ4v) is 3.15. The maximum absolute atomic E-state index is 12.7. The van der Waals surface area contributed by atoms with Gasteiger partial charge in [0.25, 0.3) is 0 Å². The molecule has 0 bridgehead atoms. The lowest BCUT2D eigenvalue weighted by Gasteiger charge is -2.40. The van der Waals surface area contributed by atoms with Crippen molar-refractivity contribution in [2.75, 3.05) is 0 Å². The average molecular weight is 311 g/mol. The summed E-state index contributed by atoms with van der Waals surface area (Å²) in [5, 5.41) is 4.54. The van der Waals surface area contributed by atoms with Crippen molar-refractivity contribution in [3.8, 4) is 0 Å². The van der Waals surface area contributed by atoms with E-state index in [4.69, 9.17) is 0 Å². The Bertz CT molecular complexity index is 580. The number of thiazole rings is 1. The fraction of sp³-hybridized carbons (Fsp3) is 0.643. The number of rotatable bonds is 5. The predicted octanol–water partition coefficient (Wildman–Crippen LogP) is 1.09. The molecule has 2 N–H and O–H groups in total. The number of carbonyl (C=O) groups is 2. The van der Waals surface area contributed by atoms with Crippen LogP contribution in [0, 0.1) is 5.92 Å². The van der Waals surface area contributed by atoms with E-state index in [2.05, 4.69) is 10.3 Å². The van der Waals surface area contributed by atoms with Crippen LogP contribution in [0.1, 0.15) is 39.3 Å². The number of hydrogen-bond acceptors (Lipinski definition) is 4. The zero-order chi connectivity index (χ0) is 15.6. The number of nitrogens with zero attached hydrogens (tertiary/aromatic N) is 1. The molecule has 6 nitrogen and oxygen atoms in total. The number of carbonyl (C=O) groups excluding carboxylic acids is 2. The summed E-state index contributed by atoms with van der Waals surface area (Å²) >= 11 is 1.07. The standard InChI is InChI=1S/C14H21N3O3S/c1-4-8(3)11-13(19)17(10(5-2)12(18)16-11)6-9-7-21-14(20)15-9/h7-8,10-11H,4-6H2,1-3H3,(H,15,20)(H,16,18). The largest absolute Gasteiger partial charge is 0.342 e. The highest BCUT2D eigenvalue weighted by atomic mass is 32.1. The summed E-state index contributed by atoms with van der Waals surface area (Å²) in [6.07, 6.45) is 1.37. The second kappa shape index (κ2) is 6.43. The molecule has 0 radical (unpaired) electrons. The van der Waals surface area contributed by atoms with Crippen molar-refractivity contribution in [1.82, 2.24) is 15.2 Å². The third-order valence-corrected chi connectivity index (χ3v) is 4.76. The lowest BCUT2D eigenvalue weighted by atomic mass is 9.93. The second-order valence-corrected chi connectivity index (χ2v) is 6.28. The zero-order valence-electron chi connectivity index (χ0n) is 12.5. The van der Waals surface area contributed by atoms with Crippen molar-refractivity contribution < 1.29 is 9.59 Å². The van der Waals surface area contributed by atoms with Crippen molar-refractivity contribution in [1.29, 1.82) is 0 Å². The van der Waals surface area contributed by atoms with Crippen LogP contribution in [0.2, 0.25) is 0 Å². The average Bonchev–Trinajstić information content (AvgIpc) is 2.87. The first-order valence-electron chi connectivity index (χ1n) is 7.25. The van der Waals surface area contributed by atoms with Gasteiger partial charge in [-0.15, -0.1) is 0 Å². The Morgan fingerprint density at radius 3 is 2.57 bits per heavy atom. The van der Waals surface area contributed by atoms with Crippen LogP contribution >= 0.6 is 11.3 Å². The molecule has 2 amide bonds. The van der Waals surface area contributed by atoms with Crippen LogP contribution in [-0.4, -0.2) is 33.8 Å². The summed E-state index contributed by atoms with van der Waals surface area (Å²) in [4.78, 5) is 40.3. The van der Waals surface area contributed by atoms with E-state index in [9.17, 15) is 14.4 Å². The molecule has 0 aliphatic carbocycles. The number of aromatic amines is 1. The fourth-order valence-electron chi connectivity index (χ4n) is 2.58. The van der Waals surface area contributed by atoms with Gasteiger partial charge in [-0.3, -0.25) is 14.4 Å². The van der Waals surface area contributed by atoms with Crippen LogP contribution < -0.4 is 10.2 Å². The molecule has 21 heavy (non-hydrogen) atoms. The van der Waals surface area contributed by atoms with E-state index in [0.29, 0.717) is 12.1 Å². The molecular formula is C14H21N3O3S. The first-order chi connectivity index (χ1) is 9.97. The molecule has 7 heteroatoms. The quantitative estimate of drug-likeness (QED) is 0.854. The van der Waals surface area contributed by atoms with E-state index >= 15 is 0 Å². The Balaban J connectivity index is 2.26. The number of aromatic nitrogens is 1. The second-order valence-electron chi connectivity index (χ2n) is 5.44. The number of piperazine rings is 1. The van der Waals surface area contributed by atoms with Crippen LogP contribution in [0.4, 0.5) is 0 Å². The smallest absolute Gasteiger partial charge is 0.304 e. The highest BCUT2D eigenvalue weighted by Crippen LogP contribution is 2.21. The van der Waals surface area contributed by atoms with E-state index in [-0.39, 0.29) is 29.1 Å².